The van der Waals surface area contributed by atoms with Crippen LogP contribution >= 0.6 is 23.2 Å². The van der Waals surface area contributed by atoms with Gasteiger partial charge in [-0.25, -0.2) is 14.8 Å². The van der Waals surface area contributed by atoms with Crippen LogP contribution in [0.4, 0.5) is 4.79 Å². The number of carbonyl (C=O) groups excluding carboxylic acids is 3. The molecule has 3 N–H and O–H groups in total. The maximum Gasteiger partial charge on any atom is 0.410 e. The summed E-state index contributed by atoms with van der Waals surface area (Å²) in [5.41, 5.74) is 4.61. The van der Waals surface area contributed by atoms with Gasteiger partial charge in [0.05, 0.1) is 53.8 Å². The largest absolute Gasteiger partial charge is 0.491 e. The van der Waals surface area contributed by atoms with Crippen molar-refractivity contribution in [2.45, 2.75) is 76.7 Å². The number of carbonyl (C=O) groups is 3. The Morgan fingerprint density at radius 2 is 1.46 bits per heavy atom. The topological polar surface area (TPSA) is 153 Å². The number of nitrogens with zero attached hydrogens (tertiary/aromatic N) is 3. The summed E-state index contributed by atoms with van der Waals surface area (Å²) in [7, 11) is 3.10. The lowest BCUT2D eigenvalue weighted by molar-refractivity contribution is -0.120. The summed E-state index contributed by atoms with van der Waals surface area (Å²) in [4.78, 5) is 48.2. The van der Waals surface area contributed by atoms with Crippen molar-refractivity contribution in [1.29, 1.82) is 0 Å². The molecule has 15 heteroatoms. The first kappa shape index (κ1) is 40.1. The first-order valence-electron chi connectivity index (χ1n) is 19.0. The van der Waals surface area contributed by atoms with Crippen molar-refractivity contribution in [2.24, 2.45) is 0 Å². The molecule has 3 aliphatic rings. The molecule has 5 heterocycles. The predicted molar refractivity (Wildman–Crippen MR) is 217 cm³/mol. The molecule has 13 nitrogen and oxygen atoms in total. The zero-order valence-electron chi connectivity index (χ0n) is 32.5. The van der Waals surface area contributed by atoms with Gasteiger partial charge < -0.3 is 39.8 Å². The average molecular weight is 818 g/mol. The van der Waals surface area contributed by atoms with Gasteiger partial charge in [-0.15, -0.1) is 0 Å². The zero-order valence-corrected chi connectivity index (χ0v) is 34.1. The van der Waals surface area contributed by atoms with Gasteiger partial charge in [-0.05, 0) is 45.7 Å². The first-order chi connectivity index (χ1) is 27.3. The van der Waals surface area contributed by atoms with Crippen molar-refractivity contribution in [2.75, 3.05) is 33.9 Å². The third-order valence-corrected chi connectivity index (χ3v) is 11.0. The highest BCUT2D eigenvalue weighted by Gasteiger charge is 2.33. The van der Waals surface area contributed by atoms with Crippen LogP contribution in [0, 0.1) is 0 Å². The second-order valence-electron chi connectivity index (χ2n) is 15.4. The highest BCUT2D eigenvalue weighted by atomic mass is 35.5. The van der Waals surface area contributed by atoms with E-state index in [0.717, 1.165) is 12.0 Å². The highest BCUT2D eigenvalue weighted by Crippen LogP contribution is 2.45. The normalized spacial score (nSPS) is 18.8. The first-order valence-corrected chi connectivity index (χ1v) is 19.7. The molecule has 2 fully saturated rings. The van der Waals surface area contributed by atoms with Gasteiger partial charge in [0.1, 0.15) is 18.0 Å². The third-order valence-electron chi connectivity index (χ3n) is 10.1. The van der Waals surface area contributed by atoms with Gasteiger partial charge in [-0.2, -0.15) is 0 Å². The maximum absolute atomic E-state index is 13.3. The van der Waals surface area contributed by atoms with Crippen molar-refractivity contribution in [3.05, 3.63) is 75.8 Å². The molecule has 2 aromatic carbocycles. The molecule has 0 aliphatic carbocycles. The molecule has 0 bridgehead atoms. The fraction of sp³-hybridized carbons (Fsp3) is 0.405. The summed E-state index contributed by atoms with van der Waals surface area (Å²) in [6.07, 6.45) is 1.87. The van der Waals surface area contributed by atoms with Gasteiger partial charge in [0, 0.05) is 71.9 Å². The van der Waals surface area contributed by atoms with E-state index in [1.54, 1.807) is 12.0 Å². The minimum Gasteiger partial charge on any atom is -0.491 e. The number of hydrogen-bond acceptors (Lipinski definition) is 10. The molecule has 0 spiro atoms. The SMILES string of the molecule is COc1nc(-c2cccc(-c3cccc(-c4cc5c(c(OC)n4)[C@H](NC[C@@H]4CCC(=O)N4)CO5)c3Cl)c2Cl)ccc1CN(C[C@@H]1CCC(=O)N1)C(=O)OC(C)(C)C. The number of halogens is 2. The summed E-state index contributed by atoms with van der Waals surface area (Å²) in [5.74, 6) is 1.43. The van der Waals surface area contributed by atoms with Gasteiger partial charge in [-0.3, -0.25) is 9.59 Å². The maximum atomic E-state index is 13.3. The Bertz CT molecular complexity index is 2190. The molecule has 3 atom stereocenters. The Balaban J connectivity index is 1.15. The number of amides is 3. The fourth-order valence-corrected chi connectivity index (χ4v) is 8.03. The highest BCUT2D eigenvalue weighted by molar-refractivity contribution is 6.39. The molecule has 2 saturated heterocycles. The average Bonchev–Trinajstić information content (AvgIpc) is 3.92. The second kappa shape index (κ2) is 16.8. The number of rotatable bonds is 12. The molecule has 57 heavy (non-hydrogen) atoms. The number of benzene rings is 2. The number of hydrogen-bond donors (Lipinski definition) is 3. The number of fused-ring (bicyclic) bond motifs is 1. The molecule has 3 amide bonds. The number of pyridine rings is 2. The van der Waals surface area contributed by atoms with E-state index < -0.39 is 11.7 Å². The van der Waals surface area contributed by atoms with Crippen LogP contribution in [0.15, 0.2) is 54.6 Å². The van der Waals surface area contributed by atoms with E-state index in [-0.39, 0.29) is 43.0 Å². The van der Waals surface area contributed by atoms with E-state index in [0.29, 0.717) is 99.2 Å². The minimum atomic E-state index is -0.706. The van der Waals surface area contributed by atoms with E-state index in [1.807, 2.05) is 75.4 Å². The van der Waals surface area contributed by atoms with Crippen molar-refractivity contribution in [1.82, 2.24) is 30.8 Å². The quantitative estimate of drug-likeness (QED) is 0.135. The Morgan fingerprint density at radius 1 is 0.860 bits per heavy atom. The van der Waals surface area contributed by atoms with Crippen LogP contribution in [0.1, 0.15) is 63.6 Å². The molecular weight excluding hydrogens is 771 g/mol. The lowest BCUT2D eigenvalue weighted by Crippen LogP contribution is -2.43. The molecule has 0 saturated carbocycles. The van der Waals surface area contributed by atoms with Crippen LogP contribution in [0.3, 0.4) is 0 Å². The molecule has 2 aromatic heterocycles. The van der Waals surface area contributed by atoms with Crippen LogP contribution < -0.4 is 30.2 Å². The smallest absolute Gasteiger partial charge is 0.410 e. The Morgan fingerprint density at radius 3 is 2.05 bits per heavy atom. The molecule has 0 unspecified atom stereocenters. The van der Waals surface area contributed by atoms with Crippen LogP contribution in [0.25, 0.3) is 33.6 Å². The van der Waals surface area contributed by atoms with E-state index in [4.69, 9.17) is 52.1 Å². The Kier molecular flexibility index (Phi) is 11.8. The summed E-state index contributed by atoms with van der Waals surface area (Å²) in [5, 5.41) is 10.3. The van der Waals surface area contributed by atoms with Crippen LogP contribution in [0.5, 0.6) is 17.5 Å². The van der Waals surface area contributed by atoms with Crippen molar-refractivity contribution in [3.63, 3.8) is 0 Å². The molecule has 4 aromatic rings. The Hall–Kier alpha value is -5.11. The second-order valence-corrected chi connectivity index (χ2v) is 16.1. The molecular formula is C42H46Cl2N6O7. The zero-order chi connectivity index (χ0) is 40.4. The summed E-state index contributed by atoms with van der Waals surface area (Å²) in [6.45, 7) is 6.87. The third kappa shape index (κ3) is 8.90. The van der Waals surface area contributed by atoms with Crippen molar-refractivity contribution in [3.8, 4) is 51.2 Å². The number of aromatic nitrogens is 2. The van der Waals surface area contributed by atoms with Crippen molar-refractivity contribution < 1.29 is 33.3 Å². The molecule has 7 rings (SSSR count). The van der Waals surface area contributed by atoms with Crippen LogP contribution in [-0.2, 0) is 20.9 Å². The number of ether oxygens (including phenoxy) is 4. The van der Waals surface area contributed by atoms with Gasteiger partial charge in [0.2, 0.25) is 23.6 Å². The molecule has 3 aliphatic heterocycles. The van der Waals surface area contributed by atoms with Crippen molar-refractivity contribution >= 4 is 41.1 Å². The van der Waals surface area contributed by atoms with E-state index >= 15 is 0 Å². The summed E-state index contributed by atoms with van der Waals surface area (Å²) >= 11 is 14.4. The monoisotopic (exact) mass is 816 g/mol. The van der Waals surface area contributed by atoms with Gasteiger partial charge in [0.25, 0.3) is 0 Å². The van der Waals surface area contributed by atoms with Gasteiger partial charge in [-0.1, -0.05) is 59.6 Å². The van der Waals surface area contributed by atoms with E-state index in [9.17, 15) is 14.4 Å². The molecule has 300 valence electrons. The molecule has 0 radical (unpaired) electrons. The summed E-state index contributed by atoms with van der Waals surface area (Å²) in [6, 6.07) is 16.6. The number of methoxy groups -OCH3 is 2. The fourth-order valence-electron chi connectivity index (χ4n) is 7.38. The minimum absolute atomic E-state index is 0.0367. The Labute approximate surface area is 341 Å². The van der Waals surface area contributed by atoms with Gasteiger partial charge >= 0.3 is 6.09 Å². The van der Waals surface area contributed by atoms with Gasteiger partial charge in [0.15, 0.2) is 0 Å². The van der Waals surface area contributed by atoms with E-state index in [2.05, 4.69) is 16.0 Å². The lowest BCUT2D eigenvalue weighted by Gasteiger charge is -2.29. The van der Waals surface area contributed by atoms with E-state index in [1.165, 1.54) is 7.11 Å². The summed E-state index contributed by atoms with van der Waals surface area (Å²) < 4.78 is 23.3. The van der Waals surface area contributed by atoms with Crippen LogP contribution in [-0.4, -0.2) is 84.4 Å². The standard InChI is InChI=1S/C42H46Cl2N6O7/c1-42(2,3)57-41(53)50(21-25-14-17-35(52)47-25)20-23-12-15-30(48-39(23)54-4)28-10-6-8-26(37(28)43)27-9-7-11-29(38(27)44)31-18-33-36(40(49-31)55-5)32(22-56-33)45-19-24-13-16-34(51)46-24/h6-12,15,18,24-25,32,45H,13-14,16-17,19-22H2,1-5H3,(H,46,51)(H,47,52)/t24-,25-,32+/m0/s1. The van der Waals surface area contributed by atoms with Crippen LogP contribution in [0.2, 0.25) is 10.0 Å². The predicted octanol–water partition coefficient (Wildman–Crippen LogP) is 7.12. The number of nitrogens with one attached hydrogen (secondary N) is 3. The lowest BCUT2D eigenvalue weighted by atomic mass is 9.97.